The summed E-state index contributed by atoms with van der Waals surface area (Å²) in [5.41, 5.74) is 9.49. The average molecular weight is 250 g/mol. The SMILES string of the molecule is CCc1cc(NC(CCCN)COC)ccc1C. The molecule has 0 saturated heterocycles. The highest BCUT2D eigenvalue weighted by molar-refractivity contribution is 5.49. The summed E-state index contributed by atoms with van der Waals surface area (Å²) in [6.45, 7) is 5.79. The summed E-state index contributed by atoms with van der Waals surface area (Å²) in [4.78, 5) is 0. The quantitative estimate of drug-likeness (QED) is 0.746. The summed E-state index contributed by atoms with van der Waals surface area (Å²) in [6.07, 6.45) is 3.13. The Morgan fingerprint density at radius 1 is 1.39 bits per heavy atom. The van der Waals surface area contributed by atoms with Gasteiger partial charge in [-0.2, -0.15) is 0 Å². The second-order valence-electron chi connectivity index (χ2n) is 4.72. The van der Waals surface area contributed by atoms with Crippen LogP contribution in [-0.2, 0) is 11.2 Å². The molecule has 1 unspecified atom stereocenters. The van der Waals surface area contributed by atoms with Gasteiger partial charge in [0.15, 0.2) is 0 Å². The van der Waals surface area contributed by atoms with Gasteiger partial charge in [-0.25, -0.2) is 0 Å². The Bertz CT molecular complexity index is 352. The third kappa shape index (κ3) is 4.67. The predicted octanol–water partition coefficient (Wildman–Crippen LogP) is 2.72. The van der Waals surface area contributed by atoms with Crippen molar-refractivity contribution < 1.29 is 4.74 Å². The van der Waals surface area contributed by atoms with Crippen LogP contribution in [0.3, 0.4) is 0 Å². The first-order chi connectivity index (χ1) is 8.71. The molecule has 0 aliphatic rings. The second-order valence-corrected chi connectivity index (χ2v) is 4.72. The topological polar surface area (TPSA) is 47.3 Å². The number of hydrogen-bond donors (Lipinski definition) is 2. The fourth-order valence-electron chi connectivity index (χ4n) is 2.14. The van der Waals surface area contributed by atoms with E-state index in [9.17, 15) is 0 Å². The van der Waals surface area contributed by atoms with Gasteiger partial charge in [0.05, 0.1) is 6.61 Å². The molecule has 102 valence electrons. The van der Waals surface area contributed by atoms with Crippen LogP contribution >= 0.6 is 0 Å². The van der Waals surface area contributed by atoms with Gasteiger partial charge < -0.3 is 15.8 Å². The van der Waals surface area contributed by atoms with E-state index in [-0.39, 0.29) is 0 Å². The molecule has 3 N–H and O–H groups in total. The van der Waals surface area contributed by atoms with Gasteiger partial charge in [-0.15, -0.1) is 0 Å². The molecule has 0 spiro atoms. The van der Waals surface area contributed by atoms with Gasteiger partial charge in [0, 0.05) is 18.8 Å². The molecule has 1 atom stereocenters. The highest BCUT2D eigenvalue weighted by atomic mass is 16.5. The fourth-order valence-corrected chi connectivity index (χ4v) is 2.14. The summed E-state index contributed by atoms with van der Waals surface area (Å²) in [6, 6.07) is 6.89. The number of anilines is 1. The smallest absolute Gasteiger partial charge is 0.0664 e. The molecule has 0 aromatic heterocycles. The number of hydrogen-bond acceptors (Lipinski definition) is 3. The van der Waals surface area contributed by atoms with Crippen LogP contribution in [0.25, 0.3) is 0 Å². The van der Waals surface area contributed by atoms with Crippen molar-refractivity contribution in [2.24, 2.45) is 5.73 Å². The molecular formula is C15H26N2O. The number of nitrogens with two attached hydrogens (primary N) is 1. The van der Waals surface area contributed by atoms with Crippen LogP contribution in [0.2, 0.25) is 0 Å². The molecule has 0 aliphatic carbocycles. The molecule has 0 saturated carbocycles. The third-order valence-corrected chi connectivity index (χ3v) is 3.23. The third-order valence-electron chi connectivity index (χ3n) is 3.23. The molecule has 0 amide bonds. The van der Waals surface area contributed by atoms with Crippen LogP contribution in [0.15, 0.2) is 18.2 Å². The van der Waals surface area contributed by atoms with Gasteiger partial charge in [0.1, 0.15) is 0 Å². The Labute approximate surface area is 111 Å². The maximum absolute atomic E-state index is 5.56. The lowest BCUT2D eigenvalue weighted by molar-refractivity contribution is 0.182. The first-order valence-corrected chi connectivity index (χ1v) is 6.76. The standard InChI is InChI=1S/C15H26N2O/c1-4-13-10-14(8-7-12(13)2)17-15(11-18-3)6-5-9-16/h7-8,10,15,17H,4-6,9,11,16H2,1-3H3. The van der Waals surface area contributed by atoms with Gasteiger partial charge >= 0.3 is 0 Å². The maximum Gasteiger partial charge on any atom is 0.0664 e. The van der Waals surface area contributed by atoms with Crippen molar-refractivity contribution in [2.45, 2.75) is 39.2 Å². The van der Waals surface area contributed by atoms with Crippen molar-refractivity contribution in [2.75, 3.05) is 25.6 Å². The van der Waals surface area contributed by atoms with E-state index in [0.717, 1.165) is 32.4 Å². The summed E-state index contributed by atoms with van der Waals surface area (Å²) in [5.74, 6) is 0. The summed E-state index contributed by atoms with van der Waals surface area (Å²) in [7, 11) is 1.74. The zero-order valence-corrected chi connectivity index (χ0v) is 11.8. The molecule has 3 heteroatoms. The maximum atomic E-state index is 5.56. The van der Waals surface area contributed by atoms with E-state index < -0.39 is 0 Å². The number of nitrogens with one attached hydrogen (secondary N) is 1. The van der Waals surface area contributed by atoms with E-state index in [1.54, 1.807) is 7.11 Å². The molecule has 0 heterocycles. The van der Waals surface area contributed by atoms with E-state index >= 15 is 0 Å². The molecule has 1 aromatic rings. The monoisotopic (exact) mass is 250 g/mol. The highest BCUT2D eigenvalue weighted by Gasteiger charge is 2.08. The average Bonchev–Trinajstić information content (AvgIpc) is 2.38. The largest absolute Gasteiger partial charge is 0.383 e. The van der Waals surface area contributed by atoms with Gasteiger partial charge in [-0.05, 0) is 56.0 Å². The Balaban J connectivity index is 2.67. The highest BCUT2D eigenvalue weighted by Crippen LogP contribution is 2.17. The Morgan fingerprint density at radius 3 is 2.78 bits per heavy atom. The van der Waals surface area contributed by atoms with Gasteiger partial charge in [0.25, 0.3) is 0 Å². The minimum atomic E-state index is 0.339. The zero-order valence-electron chi connectivity index (χ0n) is 11.8. The minimum absolute atomic E-state index is 0.339. The molecule has 1 rings (SSSR count). The van der Waals surface area contributed by atoms with Crippen molar-refractivity contribution in [3.8, 4) is 0 Å². The lowest BCUT2D eigenvalue weighted by Crippen LogP contribution is -2.25. The first-order valence-electron chi connectivity index (χ1n) is 6.76. The number of methoxy groups -OCH3 is 1. The van der Waals surface area contributed by atoms with Crippen LogP contribution in [0.1, 0.15) is 30.9 Å². The molecule has 0 radical (unpaired) electrons. The second kappa shape index (κ2) is 8.11. The molecule has 1 aromatic carbocycles. The van der Waals surface area contributed by atoms with E-state index in [0.29, 0.717) is 6.04 Å². The minimum Gasteiger partial charge on any atom is -0.383 e. The molecule has 0 bridgehead atoms. The number of aryl methyl sites for hydroxylation is 2. The number of benzene rings is 1. The van der Waals surface area contributed by atoms with E-state index in [2.05, 4.69) is 37.4 Å². The fraction of sp³-hybridized carbons (Fsp3) is 0.600. The van der Waals surface area contributed by atoms with Crippen LogP contribution in [0.4, 0.5) is 5.69 Å². The van der Waals surface area contributed by atoms with Gasteiger partial charge in [-0.3, -0.25) is 0 Å². The van der Waals surface area contributed by atoms with Crippen molar-refractivity contribution >= 4 is 5.69 Å². The molecule has 18 heavy (non-hydrogen) atoms. The molecule has 3 nitrogen and oxygen atoms in total. The van der Waals surface area contributed by atoms with E-state index in [4.69, 9.17) is 10.5 Å². The number of ether oxygens (including phenoxy) is 1. The van der Waals surface area contributed by atoms with Crippen molar-refractivity contribution in [3.63, 3.8) is 0 Å². The van der Waals surface area contributed by atoms with E-state index in [1.807, 2.05) is 0 Å². The van der Waals surface area contributed by atoms with Crippen LogP contribution in [0.5, 0.6) is 0 Å². The zero-order chi connectivity index (χ0) is 13.4. The van der Waals surface area contributed by atoms with Gasteiger partial charge in [0.2, 0.25) is 0 Å². The summed E-state index contributed by atoms with van der Waals surface area (Å²) >= 11 is 0. The molecular weight excluding hydrogens is 224 g/mol. The Kier molecular flexibility index (Phi) is 6.76. The van der Waals surface area contributed by atoms with E-state index in [1.165, 1.54) is 16.8 Å². The van der Waals surface area contributed by atoms with Gasteiger partial charge in [-0.1, -0.05) is 13.0 Å². The molecule has 0 aliphatic heterocycles. The summed E-state index contributed by atoms with van der Waals surface area (Å²) < 4.78 is 5.25. The summed E-state index contributed by atoms with van der Waals surface area (Å²) in [5, 5.41) is 3.54. The lowest BCUT2D eigenvalue weighted by atomic mass is 10.0. The molecule has 0 fully saturated rings. The van der Waals surface area contributed by atoms with Crippen LogP contribution in [0, 0.1) is 6.92 Å². The Morgan fingerprint density at radius 2 is 2.17 bits per heavy atom. The van der Waals surface area contributed by atoms with Crippen molar-refractivity contribution in [1.29, 1.82) is 0 Å². The first kappa shape index (κ1) is 15.0. The predicted molar refractivity (Wildman–Crippen MR) is 78.1 cm³/mol. The van der Waals surface area contributed by atoms with Crippen molar-refractivity contribution in [1.82, 2.24) is 0 Å². The van der Waals surface area contributed by atoms with Crippen molar-refractivity contribution in [3.05, 3.63) is 29.3 Å². The lowest BCUT2D eigenvalue weighted by Gasteiger charge is -2.19. The van der Waals surface area contributed by atoms with Crippen LogP contribution in [-0.4, -0.2) is 26.3 Å². The number of rotatable bonds is 8. The Hall–Kier alpha value is -1.06. The normalized spacial score (nSPS) is 12.4. The van der Waals surface area contributed by atoms with Crippen LogP contribution < -0.4 is 11.1 Å².